The molecule has 1 saturated carbocycles. The topological polar surface area (TPSA) is 29.1 Å². The molecular formula is C15H23NOS. The van der Waals surface area contributed by atoms with Gasteiger partial charge >= 0.3 is 0 Å². The highest BCUT2D eigenvalue weighted by molar-refractivity contribution is 7.85. The van der Waals surface area contributed by atoms with Gasteiger partial charge in [-0.15, -0.1) is 0 Å². The molecule has 0 aliphatic heterocycles. The van der Waals surface area contributed by atoms with E-state index in [4.69, 9.17) is 0 Å². The molecule has 1 N–H and O–H groups in total. The Bertz CT molecular complexity index is 432. The van der Waals surface area contributed by atoms with Crippen LogP contribution in [0.2, 0.25) is 0 Å². The van der Waals surface area contributed by atoms with Crippen LogP contribution in [-0.4, -0.2) is 22.0 Å². The number of hydrogen-bond acceptors (Lipinski definition) is 2. The third-order valence-corrected chi connectivity index (χ3v) is 5.88. The van der Waals surface area contributed by atoms with E-state index in [1.807, 2.05) is 12.1 Å². The Morgan fingerprint density at radius 3 is 2.83 bits per heavy atom. The van der Waals surface area contributed by atoms with Crippen molar-refractivity contribution in [2.75, 3.05) is 6.54 Å². The van der Waals surface area contributed by atoms with E-state index in [0.29, 0.717) is 17.2 Å². The Balaban J connectivity index is 2.11. The van der Waals surface area contributed by atoms with Gasteiger partial charge in [0, 0.05) is 16.2 Å². The summed E-state index contributed by atoms with van der Waals surface area (Å²) in [5, 5.41) is 3.81. The molecule has 0 radical (unpaired) electrons. The van der Waals surface area contributed by atoms with Gasteiger partial charge in [0.1, 0.15) is 0 Å². The molecule has 18 heavy (non-hydrogen) atoms. The van der Waals surface area contributed by atoms with Crippen molar-refractivity contribution >= 4 is 10.8 Å². The molecule has 2 nitrogen and oxygen atoms in total. The second-order valence-corrected chi connectivity index (χ2v) is 6.92. The molecule has 0 amide bonds. The van der Waals surface area contributed by atoms with Crippen molar-refractivity contribution in [3.8, 4) is 0 Å². The highest BCUT2D eigenvalue weighted by Crippen LogP contribution is 2.32. The van der Waals surface area contributed by atoms with Crippen LogP contribution in [0.5, 0.6) is 0 Å². The SMILES string of the molecule is CCNC1CCC(S(=O)c2cccc(C)c2)C1C. The first-order valence-corrected chi connectivity index (χ1v) is 8.05. The number of hydrogen-bond donors (Lipinski definition) is 1. The minimum absolute atomic E-state index is 0.302. The van der Waals surface area contributed by atoms with Crippen LogP contribution in [-0.2, 0) is 10.8 Å². The molecule has 0 bridgehead atoms. The normalized spacial score (nSPS) is 29.4. The minimum atomic E-state index is -0.863. The van der Waals surface area contributed by atoms with Gasteiger partial charge in [-0.05, 0) is 49.9 Å². The van der Waals surface area contributed by atoms with Crippen molar-refractivity contribution in [2.45, 2.75) is 49.8 Å². The summed E-state index contributed by atoms with van der Waals surface area (Å²) in [4.78, 5) is 0.990. The zero-order chi connectivity index (χ0) is 13.1. The fourth-order valence-corrected chi connectivity index (χ4v) is 4.69. The summed E-state index contributed by atoms with van der Waals surface area (Å²) in [6.07, 6.45) is 2.22. The third kappa shape index (κ3) is 2.83. The maximum atomic E-state index is 12.6. The number of rotatable bonds is 4. The Labute approximate surface area is 113 Å². The first-order chi connectivity index (χ1) is 8.63. The maximum Gasteiger partial charge on any atom is 0.0564 e. The van der Waals surface area contributed by atoms with Crippen LogP contribution in [0.3, 0.4) is 0 Å². The average molecular weight is 265 g/mol. The highest BCUT2D eigenvalue weighted by Gasteiger charge is 2.36. The summed E-state index contributed by atoms with van der Waals surface area (Å²) in [6, 6.07) is 8.65. The predicted octanol–water partition coefficient (Wildman–Crippen LogP) is 2.88. The molecule has 2 rings (SSSR count). The number of nitrogens with one attached hydrogen (secondary N) is 1. The molecule has 4 atom stereocenters. The van der Waals surface area contributed by atoms with E-state index in [1.54, 1.807) is 0 Å². The van der Waals surface area contributed by atoms with Gasteiger partial charge in [0.2, 0.25) is 0 Å². The van der Waals surface area contributed by atoms with Gasteiger partial charge in [0.05, 0.1) is 10.8 Å². The third-order valence-electron chi connectivity index (χ3n) is 3.95. The summed E-state index contributed by atoms with van der Waals surface area (Å²) < 4.78 is 12.6. The Kier molecular flexibility index (Phi) is 4.57. The zero-order valence-corrected chi connectivity index (χ0v) is 12.3. The van der Waals surface area contributed by atoms with Crippen LogP contribution in [0.25, 0.3) is 0 Å². The number of benzene rings is 1. The lowest BCUT2D eigenvalue weighted by Gasteiger charge is -2.21. The summed E-state index contributed by atoms with van der Waals surface area (Å²) in [6.45, 7) is 7.43. The van der Waals surface area contributed by atoms with Gasteiger partial charge in [-0.2, -0.15) is 0 Å². The Hall–Kier alpha value is -0.670. The first-order valence-electron chi connectivity index (χ1n) is 6.84. The van der Waals surface area contributed by atoms with E-state index in [0.717, 1.165) is 24.3 Å². The van der Waals surface area contributed by atoms with E-state index in [-0.39, 0.29) is 0 Å². The minimum Gasteiger partial charge on any atom is -0.314 e. The summed E-state index contributed by atoms with van der Waals surface area (Å²) in [5.41, 5.74) is 1.19. The molecule has 100 valence electrons. The summed E-state index contributed by atoms with van der Waals surface area (Å²) in [7, 11) is -0.863. The van der Waals surface area contributed by atoms with Gasteiger partial charge in [-0.3, -0.25) is 4.21 Å². The molecular weight excluding hydrogens is 242 g/mol. The van der Waals surface area contributed by atoms with Crippen molar-refractivity contribution in [1.82, 2.24) is 5.32 Å². The van der Waals surface area contributed by atoms with E-state index in [9.17, 15) is 4.21 Å². The predicted molar refractivity (Wildman–Crippen MR) is 77.2 cm³/mol. The molecule has 3 heteroatoms. The van der Waals surface area contributed by atoms with E-state index < -0.39 is 10.8 Å². The van der Waals surface area contributed by atoms with Crippen molar-refractivity contribution in [3.05, 3.63) is 29.8 Å². The summed E-state index contributed by atoms with van der Waals surface area (Å²) >= 11 is 0. The first kappa shape index (κ1) is 13.8. The van der Waals surface area contributed by atoms with E-state index in [2.05, 4.69) is 38.2 Å². The fourth-order valence-electron chi connectivity index (χ4n) is 2.90. The molecule has 0 aromatic heterocycles. The zero-order valence-electron chi connectivity index (χ0n) is 11.5. The van der Waals surface area contributed by atoms with Gasteiger partial charge < -0.3 is 5.32 Å². The van der Waals surface area contributed by atoms with E-state index >= 15 is 0 Å². The molecule has 0 heterocycles. The van der Waals surface area contributed by atoms with Crippen LogP contribution < -0.4 is 5.32 Å². The van der Waals surface area contributed by atoms with Crippen LogP contribution in [0.15, 0.2) is 29.2 Å². The monoisotopic (exact) mass is 265 g/mol. The standard InChI is InChI=1S/C15H23NOS/c1-4-16-14-8-9-15(12(14)3)18(17)13-7-5-6-11(2)10-13/h5-7,10,12,14-16H,4,8-9H2,1-3H3. The molecule has 1 aromatic carbocycles. The molecule has 1 fully saturated rings. The van der Waals surface area contributed by atoms with Crippen molar-refractivity contribution in [1.29, 1.82) is 0 Å². The number of aryl methyl sites for hydroxylation is 1. The molecule has 1 aromatic rings. The second-order valence-electron chi connectivity index (χ2n) is 5.25. The van der Waals surface area contributed by atoms with Crippen molar-refractivity contribution in [2.24, 2.45) is 5.92 Å². The lowest BCUT2D eigenvalue weighted by Crippen LogP contribution is -2.34. The lowest BCUT2D eigenvalue weighted by atomic mass is 10.1. The quantitative estimate of drug-likeness (QED) is 0.907. The van der Waals surface area contributed by atoms with E-state index in [1.165, 1.54) is 5.56 Å². The van der Waals surface area contributed by atoms with Gasteiger partial charge in [0.15, 0.2) is 0 Å². The highest BCUT2D eigenvalue weighted by atomic mass is 32.2. The van der Waals surface area contributed by atoms with Crippen molar-refractivity contribution in [3.63, 3.8) is 0 Å². The summed E-state index contributed by atoms with van der Waals surface area (Å²) in [5.74, 6) is 0.492. The van der Waals surface area contributed by atoms with Crippen LogP contribution in [0.1, 0.15) is 32.3 Å². The van der Waals surface area contributed by atoms with Crippen molar-refractivity contribution < 1.29 is 4.21 Å². The van der Waals surface area contributed by atoms with Gasteiger partial charge in [-0.1, -0.05) is 26.0 Å². The van der Waals surface area contributed by atoms with Crippen LogP contribution in [0, 0.1) is 12.8 Å². The molecule has 0 saturated heterocycles. The largest absolute Gasteiger partial charge is 0.314 e. The second kappa shape index (κ2) is 5.98. The van der Waals surface area contributed by atoms with Crippen LogP contribution >= 0.6 is 0 Å². The average Bonchev–Trinajstić information content (AvgIpc) is 2.71. The Morgan fingerprint density at radius 2 is 2.17 bits per heavy atom. The lowest BCUT2D eigenvalue weighted by molar-refractivity contribution is 0.438. The molecule has 1 aliphatic rings. The van der Waals surface area contributed by atoms with Gasteiger partial charge in [-0.25, -0.2) is 0 Å². The Morgan fingerprint density at radius 1 is 1.39 bits per heavy atom. The van der Waals surface area contributed by atoms with Crippen LogP contribution in [0.4, 0.5) is 0 Å². The smallest absolute Gasteiger partial charge is 0.0564 e. The fraction of sp³-hybridized carbons (Fsp3) is 0.600. The molecule has 1 aliphatic carbocycles. The molecule has 0 spiro atoms. The maximum absolute atomic E-state index is 12.6. The van der Waals surface area contributed by atoms with Gasteiger partial charge in [0.25, 0.3) is 0 Å². The molecule has 4 unspecified atom stereocenters.